The van der Waals surface area contributed by atoms with Crippen LogP contribution in [0.1, 0.15) is 32.0 Å². The van der Waals surface area contributed by atoms with Crippen molar-refractivity contribution in [1.29, 1.82) is 0 Å². The molecule has 0 radical (unpaired) electrons. The van der Waals surface area contributed by atoms with Gasteiger partial charge in [0, 0.05) is 22.2 Å². The fourth-order valence-electron chi connectivity index (χ4n) is 3.59. The summed E-state index contributed by atoms with van der Waals surface area (Å²) in [6, 6.07) is 4.35. The summed E-state index contributed by atoms with van der Waals surface area (Å²) in [6.07, 6.45) is 2.48. The number of carbonyl (C=O) groups is 1. The number of fused-ring (bicyclic) bond motifs is 2. The summed E-state index contributed by atoms with van der Waals surface area (Å²) in [4.78, 5) is 19.4. The van der Waals surface area contributed by atoms with Gasteiger partial charge in [0.1, 0.15) is 36.3 Å². The third-order valence-electron chi connectivity index (χ3n) is 5.57. The van der Waals surface area contributed by atoms with E-state index in [1.165, 1.54) is 6.33 Å². The van der Waals surface area contributed by atoms with E-state index in [2.05, 4.69) is 15.1 Å². The van der Waals surface area contributed by atoms with Crippen molar-refractivity contribution in [2.24, 2.45) is 11.7 Å². The van der Waals surface area contributed by atoms with Crippen LogP contribution in [0.25, 0.3) is 16.4 Å². The highest BCUT2D eigenvalue weighted by molar-refractivity contribution is 5.83. The SMILES string of the molecule is Cc1cc2c(F)c(Oc3ncnn4cc(OC[C@@H](C)OC(=O)[C@H](N)C(C)C)c(C)c34)ccc2[nH]1. The number of nitrogens with two attached hydrogens (primary N) is 1. The van der Waals surface area contributed by atoms with Gasteiger partial charge in [-0.1, -0.05) is 13.8 Å². The second-order valence-corrected chi connectivity index (χ2v) is 8.70. The standard InChI is InChI=1S/C24H28FN5O4/c1-12(2)21(26)24(31)33-14(4)10-32-19-9-30-22(15(19)5)23(27-11-28-30)34-18-7-6-17-16(20(18)25)8-13(3)29-17/h6-9,11-12,14,21,29H,10,26H2,1-5H3/t14-,21-/m1/s1. The topological polar surface area (TPSA) is 117 Å². The molecule has 0 spiro atoms. The molecular weight excluding hydrogens is 441 g/mol. The number of aryl methyl sites for hydroxylation is 2. The third-order valence-corrected chi connectivity index (χ3v) is 5.57. The molecule has 3 heterocycles. The van der Waals surface area contributed by atoms with E-state index >= 15 is 4.39 Å². The number of hydrogen-bond donors (Lipinski definition) is 2. The maximum Gasteiger partial charge on any atom is 0.323 e. The van der Waals surface area contributed by atoms with Crippen LogP contribution in [0.4, 0.5) is 4.39 Å². The number of aromatic nitrogens is 4. The van der Waals surface area contributed by atoms with Gasteiger partial charge in [-0.2, -0.15) is 10.1 Å². The molecule has 0 aliphatic carbocycles. The van der Waals surface area contributed by atoms with Crippen molar-refractivity contribution in [3.05, 3.63) is 47.8 Å². The average molecular weight is 470 g/mol. The molecule has 0 amide bonds. The highest BCUT2D eigenvalue weighted by atomic mass is 19.1. The van der Waals surface area contributed by atoms with Crippen LogP contribution in [0.15, 0.2) is 30.7 Å². The molecule has 0 aliphatic rings. The van der Waals surface area contributed by atoms with Gasteiger partial charge in [0.05, 0.1) is 6.20 Å². The zero-order valence-electron chi connectivity index (χ0n) is 19.8. The Balaban J connectivity index is 1.54. The summed E-state index contributed by atoms with van der Waals surface area (Å²) in [5, 5.41) is 4.65. The van der Waals surface area contributed by atoms with Crippen LogP contribution in [0.5, 0.6) is 17.4 Å². The van der Waals surface area contributed by atoms with Crippen molar-refractivity contribution in [2.45, 2.75) is 46.8 Å². The number of nitrogens with zero attached hydrogens (tertiary/aromatic N) is 3. The largest absolute Gasteiger partial charge is 0.488 e. The quantitative estimate of drug-likeness (QED) is 0.374. The number of esters is 1. The number of carbonyl (C=O) groups excluding carboxylic acids is 1. The molecular formula is C24H28FN5O4. The molecule has 34 heavy (non-hydrogen) atoms. The van der Waals surface area contributed by atoms with Gasteiger partial charge in [-0.05, 0) is 44.9 Å². The first kappa shape index (κ1) is 23.5. The van der Waals surface area contributed by atoms with E-state index in [0.717, 1.165) is 5.69 Å². The van der Waals surface area contributed by atoms with E-state index in [0.29, 0.717) is 27.7 Å². The number of aromatic amines is 1. The summed E-state index contributed by atoms with van der Waals surface area (Å²) >= 11 is 0. The lowest BCUT2D eigenvalue weighted by molar-refractivity contribution is -0.152. The lowest BCUT2D eigenvalue weighted by Gasteiger charge is -2.19. The second kappa shape index (κ2) is 9.30. The van der Waals surface area contributed by atoms with Crippen LogP contribution in [-0.2, 0) is 9.53 Å². The lowest BCUT2D eigenvalue weighted by Crippen LogP contribution is -2.39. The highest BCUT2D eigenvalue weighted by Crippen LogP contribution is 2.34. The zero-order valence-corrected chi connectivity index (χ0v) is 19.8. The van der Waals surface area contributed by atoms with Crippen molar-refractivity contribution >= 4 is 22.4 Å². The lowest BCUT2D eigenvalue weighted by atomic mass is 10.1. The van der Waals surface area contributed by atoms with Gasteiger partial charge in [0.25, 0.3) is 0 Å². The zero-order chi connectivity index (χ0) is 24.6. The Hall–Kier alpha value is -3.66. The number of benzene rings is 1. The summed E-state index contributed by atoms with van der Waals surface area (Å²) < 4.78 is 33.7. The molecule has 0 unspecified atom stereocenters. The monoisotopic (exact) mass is 469 g/mol. The molecule has 0 saturated carbocycles. The Labute approximate surface area is 196 Å². The number of halogens is 1. The number of ether oxygens (including phenoxy) is 3. The molecule has 1 aromatic carbocycles. The molecule has 2 atom stereocenters. The van der Waals surface area contributed by atoms with E-state index in [1.807, 2.05) is 27.7 Å². The number of H-pyrrole nitrogens is 1. The number of nitrogens with one attached hydrogen (secondary N) is 1. The predicted molar refractivity (Wildman–Crippen MR) is 125 cm³/mol. The van der Waals surface area contributed by atoms with Gasteiger partial charge in [-0.25, -0.2) is 8.91 Å². The van der Waals surface area contributed by atoms with Gasteiger partial charge in [0.2, 0.25) is 5.88 Å². The molecule has 0 bridgehead atoms. The predicted octanol–water partition coefficient (Wildman–Crippen LogP) is 4.05. The minimum absolute atomic E-state index is 0.0246. The van der Waals surface area contributed by atoms with E-state index in [4.69, 9.17) is 19.9 Å². The molecule has 3 aromatic heterocycles. The molecule has 4 aromatic rings. The molecule has 9 nitrogen and oxygen atoms in total. The molecule has 0 fully saturated rings. The number of hydrogen-bond acceptors (Lipinski definition) is 7. The van der Waals surface area contributed by atoms with Crippen LogP contribution in [0.2, 0.25) is 0 Å². The van der Waals surface area contributed by atoms with E-state index < -0.39 is 23.9 Å². The van der Waals surface area contributed by atoms with Crippen LogP contribution in [-0.4, -0.2) is 44.3 Å². The van der Waals surface area contributed by atoms with Crippen LogP contribution in [0, 0.1) is 25.6 Å². The maximum atomic E-state index is 15.0. The summed E-state index contributed by atoms with van der Waals surface area (Å²) in [6.45, 7) is 9.24. The van der Waals surface area contributed by atoms with Gasteiger partial charge in [-0.15, -0.1) is 0 Å². The van der Waals surface area contributed by atoms with E-state index in [-0.39, 0.29) is 24.2 Å². The average Bonchev–Trinajstić information content (AvgIpc) is 3.33. The Morgan fingerprint density at radius 1 is 1.24 bits per heavy atom. The number of rotatable bonds is 8. The molecule has 0 aliphatic heterocycles. The molecule has 4 rings (SSSR count). The minimum Gasteiger partial charge on any atom is -0.488 e. The smallest absolute Gasteiger partial charge is 0.323 e. The summed E-state index contributed by atoms with van der Waals surface area (Å²) in [5.41, 5.74) is 8.61. The van der Waals surface area contributed by atoms with Crippen molar-refractivity contribution in [3.63, 3.8) is 0 Å². The van der Waals surface area contributed by atoms with Crippen molar-refractivity contribution in [1.82, 2.24) is 19.6 Å². The molecule has 10 heteroatoms. The molecule has 180 valence electrons. The van der Waals surface area contributed by atoms with Gasteiger partial charge >= 0.3 is 5.97 Å². The highest BCUT2D eigenvalue weighted by Gasteiger charge is 2.22. The van der Waals surface area contributed by atoms with Crippen LogP contribution in [0.3, 0.4) is 0 Å². The fourth-order valence-corrected chi connectivity index (χ4v) is 3.59. The Morgan fingerprint density at radius 2 is 2.00 bits per heavy atom. The van der Waals surface area contributed by atoms with E-state index in [1.54, 1.807) is 35.8 Å². The maximum absolute atomic E-state index is 15.0. The molecule has 0 saturated heterocycles. The third kappa shape index (κ3) is 4.54. The van der Waals surface area contributed by atoms with Gasteiger partial charge in [-0.3, -0.25) is 4.79 Å². The van der Waals surface area contributed by atoms with Crippen molar-refractivity contribution in [3.8, 4) is 17.4 Å². The minimum atomic E-state index is -0.689. The van der Waals surface area contributed by atoms with Crippen LogP contribution < -0.4 is 15.2 Å². The van der Waals surface area contributed by atoms with E-state index in [9.17, 15) is 4.79 Å². The first-order chi connectivity index (χ1) is 16.2. The summed E-state index contributed by atoms with van der Waals surface area (Å²) in [5.74, 6) is -0.216. The normalized spacial score (nSPS) is 13.4. The van der Waals surface area contributed by atoms with Crippen molar-refractivity contribution in [2.75, 3.05) is 6.61 Å². The first-order valence-corrected chi connectivity index (χ1v) is 11.0. The summed E-state index contributed by atoms with van der Waals surface area (Å²) in [7, 11) is 0. The first-order valence-electron chi connectivity index (χ1n) is 11.0. The van der Waals surface area contributed by atoms with Crippen molar-refractivity contribution < 1.29 is 23.4 Å². The second-order valence-electron chi connectivity index (χ2n) is 8.70. The Kier molecular flexibility index (Phi) is 6.43. The van der Waals surface area contributed by atoms with Gasteiger partial charge < -0.3 is 24.9 Å². The Bertz CT molecular complexity index is 1350. The fraction of sp³-hybridized carbons (Fsp3) is 0.375. The van der Waals surface area contributed by atoms with Crippen LogP contribution >= 0.6 is 0 Å². The molecule has 3 N–H and O–H groups in total. The Morgan fingerprint density at radius 3 is 2.74 bits per heavy atom. The van der Waals surface area contributed by atoms with Gasteiger partial charge in [0.15, 0.2) is 11.6 Å².